The number of carboxylic acids is 6. The molecule has 1 fully saturated rings. The average Bonchev–Trinajstić information content (AvgIpc) is 3.48. The van der Waals surface area contributed by atoms with Crippen LogP contribution in [-0.4, -0.2) is 121 Å². The van der Waals surface area contributed by atoms with Crippen LogP contribution in [0.2, 0.25) is 0 Å². The van der Waals surface area contributed by atoms with Gasteiger partial charge < -0.3 is 69.7 Å². The lowest BCUT2D eigenvalue weighted by Crippen LogP contribution is -2.39. The van der Waals surface area contributed by atoms with Crippen molar-refractivity contribution in [3.8, 4) is 0 Å². The third kappa shape index (κ3) is 36.5. The monoisotopic (exact) mass is 632 g/mol. The van der Waals surface area contributed by atoms with Crippen molar-refractivity contribution in [2.45, 2.75) is 84.2 Å². The van der Waals surface area contributed by atoms with Crippen LogP contribution in [0.3, 0.4) is 0 Å². The van der Waals surface area contributed by atoms with E-state index in [0.717, 1.165) is 25.8 Å². The summed E-state index contributed by atoms with van der Waals surface area (Å²) in [7, 11) is 0. The molecule has 256 valence electrons. The van der Waals surface area contributed by atoms with Gasteiger partial charge in [0.25, 0.3) is 0 Å². The van der Waals surface area contributed by atoms with E-state index >= 15 is 0 Å². The van der Waals surface area contributed by atoms with E-state index in [4.69, 9.17) is 52.9 Å². The normalized spacial score (nSPS) is 16.3. The van der Waals surface area contributed by atoms with E-state index in [9.17, 15) is 28.8 Å². The van der Waals surface area contributed by atoms with Crippen molar-refractivity contribution >= 4 is 35.8 Å². The van der Waals surface area contributed by atoms with Gasteiger partial charge in [-0.2, -0.15) is 0 Å². The first kappa shape index (κ1) is 49.2. The van der Waals surface area contributed by atoms with Gasteiger partial charge in [-0.3, -0.25) is 28.8 Å². The van der Waals surface area contributed by atoms with E-state index in [0.29, 0.717) is 0 Å². The molecule has 43 heavy (non-hydrogen) atoms. The van der Waals surface area contributed by atoms with Crippen molar-refractivity contribution in [3.05, 3.63) is 0 Å². The van der Waals surface area contributed by atoms with Gasteiger partial charge in [0.2, 0.25) is 0 Å². The van der Waals surface area contributed by atoms with E-state index in [2.05, 4.69) is 16.8 Å². The van der Waals surface area contributed by atoms with Gasteiger partial charge in [0.1, 0.15) is 24.2 Å². The van der Waals surface area contributed by atoms with Crippen LogP contribution in [0.25, 0.3) is 0 Å². The van der Waals surface area contributed by atoms with Gasteiger partial charge in [-0.1, -0.05) is 34.1 Å². The highest BCUT2D eigenvalue weighted by atomic mass is 16.4. The zero-order chi connectivity index (χ0) is 35.5. The van der Waals surface area contributed by atoms with E-state index in [1.165, 1.54) is 6.92 Å². The van der Waals surface area contributed by atoms with Crippen LogP contribution < -0.4 is 34.0 Å². The third-order valence-corrected chi connectivity index (χ3v) is 5.06. The second kappa shape index (κ2) is 30.0. The van der Waals surface area contributed by atoms with Gasteiger partial charge in [-0.15, -0.1) is 0 Å². The molecular weight excluding hydrogens is 580 g/mol. The van der Waals surface area contributed by atoms with Crippen molar-refractivity contribution in [2.75, 3.05) is 19.6 Å². The van der Waals surface area contributed by atoms with Gasteiger partial charge in [-0.05, 0) is 38.1 Å². The number of carboxylic acid groups (broad SMARTS) is 6. The molecule has 0 saturated carbocycles. The summed E-state index contributed by atoms with van der Waals surface area (Å²) < 4.78 is 0. The van der Waals surface area contributed by atoms with Crippen LogP contribution in [0, 0.1) is 11.8 Å². The molecule has 1 heterocycles. The zero-order valence-corrected chi connectivity index (χ0v) is 25.3. The van der Waals surface area contributed by atoms with Crippen molar-refractivity contribution in [3.63, 3.8) is 0 Å². The SMILES string of the molecule is CC(C)[C@H](N)C(=O)O.CC[C@H](C)[C@H](N)C(=O)O.C[C@@H](O)[C@H](N)C(=O)O.NCC(=O)O.NCC(=O)O.O=C(O)[C@@H]1CCCN1. The first-order valence-corrected chi connectivity index (χ1v) is 13.0. The second-order valence-electron chi connectivity index (χ2n) is 9.15. The Morgan fingerprint density at radius 1 is 0.721 bits per heavy atom. The Labute approximate surface area is 250 Å². The van der Waals surface area contributed by atoms with Crippen molar-refractivity contribution in [2.24, 2.45) is 40.5 Å². The molecule has 6 atom stereocenters. The summed E-state index contributed by atoms with van der Waals surface area (Å²) in [6.07, 6.45) is 1.62. The molecule has 19 nitrogen and oxygen atoms in total. The Morgan fingerprint density at radius 2 is 1.07 bits per heavy atom. The van der Waals surface area contributed by atoms with Gasteiger partial charge in [0, 0.05) is 0 Å². The van der Waals surface area contributed by atoms with E-state index in [1.807, 2.05) is 13.8 Å². The highest BCUT2D eigenvalue weighted by Gasteiger charge is 2.20. The molecule has 0 unspecified atom stereocenters. The number of aliphatic hydroxyl groups is 1. The standard InChI is InChI=1S/C6H13NO2.C5H9NO2.C5H11NO2.C4H9NO3.2C2H5NO2/c1-3-4(2)5(7)6(8)9;7-5(8)4-2-1-3-6-4;1-3(2)4(6)5(7)8;1-2(6)3(5)4(7)8;2*3-1-2(4)5/h4-5H,3,7H2,1-2H3,(H,8,9);4,6H,1-3H2,(H,7,8);3-4H,6H2,1-2H3,(H,7,8);2-3,6H,5H2,1H3,(H,7,8);2*1,3H2,(H,4,5)/t4-,5-;2*4-;2-,3+;;/m0001../s1. The molecule has 0 aromatic heterocycles. The molecule has 1 aliphatic rings. The summed E-state index contributed by atoms with van der Waals surface area (Å²) >= 11 is 0. The number of rotatable bonds is 10. The summed E-state index contributed by atoms with van der Waals surface area (Å²) in [6.45, 7) is 8.94. The van der Waals surface area contributed by atoms with Crippen LogP contribution in [0.4, 0.5) is 0 Å². The molecule has 18 N–H and O–H groups in total. The number of hydrogen-bond donors (Lipinski definition) is 13. The minimum Gasteiger partial charge on any atom is -0.480 e. The third-order valence-electron chi connectivity index (χ3n) is 5.06. The molecule has 0 radical (unpaired) electrons. The van der Waals surface area contributed by atoms with Crippen molar-refractivity contribution in [1.29, 1.82) is 0 Å². The number of nitrogens with two attached hydrogens (primary N) is 5. The lowest BCUT2D eigenvalue weighted by molar-refractivity contribution is -0.141. The van der Waals surface area contributed by atoms with Crippen LogP contribution in [0.5, 0.6) is 0 Å². The minimum atomic E-state index is -1.18. The van der Waals surface area contributed by atoms with Gasteiger partial charge >= 0.3 is 35.8 Å². The molecular formula is C24H52N6O13. The first-order chi connectivity index (χ1) is 19.5. The summed E-state index contributed by atoms with van der Waals surface area (Å²) in [5.41, 5.74) is 24.5. The smallest absolute Gasteiger partial charge is 0.323 e. The maximum absolute atomic E-state index is 10.2. The van der Waals surface area contributed by atoms with Crippen LogP contribution in [0.1, 0.15) is 53.9 Å². The van der Waals surface area contributed by atoms with Gasteiger partial charge in [-0.25, -0.2) is 0 Å². The topological polar surface area (TPSA) is 386 Å². The fraction of sp³-hybridized carbons (Fsp3) is 0.750. The van der Waals surface area contributed by atoms with Gasteiger partial charge in [0.05, 0.1) is 19.2 Å². The Hall–Kier alpha value is -3.46. The molecule has 0 aliphatic carbocycles. The fourth-order valence-corrected chi connectivity index (χ4v) is 1.88. The lowest BCUT2D eigenvalue weighted by atomic mass is 10.0. The Morgan fingerprint density at radius 3 is 1.14 bits per heavy atom. The molecule has 0 spiro atoms. The quantitative estimate of drug-likeness (QED) is 0.115. The molecule has 1 saturated heterocycles. The van der Waals surface area contributed by atoms with Crippen LogP contribution in [0.15, 0.2) is 0 Å². The van der Waals surface area contributed by atoms with Crippen LogP contribution >= 0.6 is 0 Å². The number of nitrogens with one attached hydrogen (secondary N) is 1. The summed E-state index contributed by atoms with van der Waals surface area (Å²) in [4.78, 5) is 58.7. The number of carbonyl (C=O) groups is 6. The molecule has 0 aromatic rings. The number of aliphatic hydroxyl groups excluding tert-OH is 1. The lowest BCUT2D eigenvalue weighted by Gasteiger charge is -2.11. The second-order valence-corrected chi connectivity index (χ2v) is 9.15. The molecule has 1 rings (SSSR count). The maximum atomic E-state index is 10.2. The molecule has 0 aromatic carbocycles. The minimum absolute atomic E-state index is 0.0208. The largest absolute Gasteiger partial charge is 0.480 e. The predicted molar refractivity (Wildman–Crippen MR) is 155 cm³/mol. The molecule has 1 aliphatic heterocycles. The van der Waals surface area contributed by atoms with E-state index < -0.39 is 60.0 Å². The summed E-state index contributed by atoms with van der Waals surface area (Å²) in [5.74, 6) is -5.59. The maximum Gasteiger partial charge on any atom is 0.323 e. The Kier molecular flexibility index (Phi) is 34.4. The molecule has 19 heteroatoms. The predicted octanol–water partition coefficient (Wildman–Crippen LogP) is -2.84. The summed E-state index contributed by atoms with van der Waals surface area (Å²) in [5, 5.41) is 59.5. The molecule has 0 bridgehead atoms. The van der Waals surface area contributed by atoms with E-state index in [1.54, 1.807) is 13.8 Å². The van der Waals surface area contributed by atoms with Crippen molar-refractivity contribution < 1.29 is 64.5 Å². The van der Waals surface area contributed by atoms with Gasteiger partial charge in [0.15, 0.2) is 0 Å². The molecule has 0 amide bonds. The highest BCUT2D eigenvalue weighted by molar-refractivity contribution is 5.74. The zero-order valence-electron chi connectivity index (χ0n) is 25.3. The fourth-order valence-electron chi connectivity index (χ4n) is 1.88. The van der Waals surface area contributed by atoms with E-state index in [-0.39, 0.29) is 31.0 Å². The van der Waals surface area contributed by atoms with Crippen LogP contribution in [-0.2, 0) is 28.8 Å². The number of hydrogen-bond acceptors (Lipinski definition) is 13. The Balaban J connectivity index is -0.000000136. The Bertz CT molecular complexity index is 739. The highest BCUT2D eigenvalue weighted by Crippen LogP contribution is 2.04. The average molecular weight is 633 g/mol. The summed E-state index contributed by atoms with van der Waals surface area (Å²) in [6, 6.07) is -2.84. The first-order valence-electron chi connectivity index (χ1n) is 13.0. The number of aliphatic carboxylic acids is 6. The van der Waals surface area contributed by atoms with Crippen molar-refractivity contribution in [1.82, 2.24) is 5.32 Å².